The molecule has 0 saturated carbocycles. The van der Waals surface area contributed by atoms with Crippen molar-refractivity contribution in [2.75, 3.05) is 4.72 Å². The maximum absolute atomic E-state index is 12.2. The Morgan fingerprint density at radius 1 is 1.17 bits per heavy atom. The second-order valence-corrected chi connectivity index (χ2v) is 5.77. The van der Waals surface area contributed by atoms with E-state index in [0.717, 1.165) is 11.1 Å². The summed E-state index contributed by atoms with van der Waals surface area (Å²) >= 11 is 0. The topological polar surface area (TPSA) is 59.1 Å². The van der Waals surface area contributed by atoms with Gasteiger partial charge in [0.2, 0.25) is 0 Å². The molecule has 0 saturated heterocycles. The van der Waals surface area contributed by atoms with Gasteiger partial charge in [0, 0.05) is 6.20 Å². The van der Waals surface area contributed by atoms with Crippen LogP contribution in [0, 0.1) is 13.8 Å². The van der Waals surface area contributed by atoms with E-state index in [1.165, 1.54) is 6.20 Å². The molecule has 0 amide bonds. The lowest BCUT2D eigenvalue weighted by Gasteiger charge is -2.10. The van der Waals surface area contributed by atoms with Crippen LogP contribution in [0.1, 0.15) is 11.1 Å². The van der Waals surface area contributed by atoms with Gasteiger partial charge in [0.15, 0.2) is 0 Å². The van der Waals surface area contributed by atoms with E-state index in [1.54, 1.807) is 37.4 Å². The van der Waals surface area contributed by atoms with Crippen molar-refractivity contribution >= 4 is 15.7 Å². The fourth-order valence-electron chi connectivity index (χ4n) is 1.73. The van der Waals surface area contributed by atoms with E-state index in [-0.39, 0.29) is 4.90 Å². The molecule has 1 aromatic heterocycles. The summed E-state index contributed by atoms with van der Waals surface area (Å²) in [6.07, 6.45) is 3.07. The first-order chi connectivity index (χ1) is 8.49. The first-order valence-electron chi connectivity index (χ1n) is 5.49. The average molecular weight is 262 g/mol. The quantitative estimate of drug-likeness (QED) is 0.924. The van der Waals surface area contributed by atoms with Crippen LogP contribution in [0.5, 0.6) is 0 Å². The number of aromatic nitrogens is 1. The molecule has 0 aliphatic carbocycles. The van der Waals surface area contributed by atoms with Gasteiger partial charge >= 0.3 is 0 Å². The summed E-state index contributed by atoms with van der Waals surface area (Å²) in [5, 5.41) is 0. The Labute approximate surface area is 107 Å². The highest BCUT2D eigenvalue weighted by Crippen LogP contribution is 2.19. The van der Waals surface area contributed by atoms with Crippen LogP contribution in [0.4, 0.5) is 5.69 Å². The van der Waals surface area contributed by atoms with Gasteiger partial charge in [0.1, 0.15) is 0 Å². The number of aryl methyl sites for hydroxylation is 2. The highest BCUT2D eigenvalue weighted by Gasteiger charge is 2.16. The first-order valence-corrected chi connectivity index (χ1v) is 6.97. The van der Waals surface area contributed by atoms with Crippen molar-refractivity contribution in [1.29, 1.82) is 0 Å². The van der Waals surface area contributed by atoms with Gasteiger partial charge < -0.3 is 0 Å². The van der Waals surface area contributed by atoms with E-state index in [9.17, 15) is 8.42 Å². The summed E-state index contributed by atoms with van der Waals surface area (Å²) in [5.41, 5.74) is 2.22. The van der Waals surface area contributed by atoms with E-state index < -0.39 is 10.0 Å². The Bertz CT molecular complexity index is 652. The van der Waals surface area contributed by atoms with Crippen LogP contribution < -0.4 is 4.72 Å². The van der Waals surface area contributed by atoms with E-state index in [1.807, 2.05) is 13.0 Å². The third-order valence-electron chi connectivity index (χ3n) is 2.53. The molecular formula is C13H14N2O2S. The normalized spacial score (nSPS) is 11.2. The van der Waals surface area contributed by atoms with Crippen molar-refractivity contribution in [1.82, 2.24) is 4.98 Å². The van der Waals surface area contributed by atoms with Gasteiger partial charge in [-0.25, -0.2) is 8.42 Å². The Balaban J connectivity index is 2.37. The average Bonchev–Trinajstić information content (AvgIpc) is 2.29. The molecule has 4 nitrogen and oxygen atoms in total. The van der Waals surface area contributed by atoms with E-state index in [0.29, 0.717) is 5.69 Å². The van der Waals surface area contributed by atoms with Crippen LogP contribution in [0.2, 0.25) is 0 Å². The number of sulfonamides is 1. The molecule has 0 aliphatic heterocycles. The van der Waals surface area contributed by atoms with E-state index >= 15 is 0 Å². The summed E-state index contributed by atoms with van der Waals surface area (Å²) < 4.78 is 26.9. The predicted molar refractivity (Wildman–Crippen MR) is 71.0 cm³/mol. The van der Waals surface area contributed by atoms with Gasteiger partial charge in [0.25, 0.3) is 10.0 Å². The van der Waals surface area contributed by atoms with Gasteiger partial charge in [-0.2, -0.15) is 0 Å². The second-order valence-electron chi connectivity index (χ2n) is 4.12. The molecule has 0 unspecified atom stereocenters. The zero-order valence-electron chi connectivity index (χ0n) is 10.2. The molecule has 2 aromatic rings. The van der Waals surface area contributed by atoms with Crippen LogP contribution in [-0.4, -0.2) is 13.4 Å². The molecule has 1 aromatic carbocycles. The molecule has 2 rings (SSSR count). The van der Waals surface area contributed by atoms with Crippen molar-refractivity contribution in [3.63, 3.8) is 0 Å². The Morgan fingerprint density at radius 2 is 1.94 bits per heavy atom. The van der Waals surface area contributed by atoms with Crippen LogP contribution >= 0.6 is 0 Å². The minimum absolute atomic E-state index is 0.289. The van der Waals surface area contributed by atoms with Crippen molar-refractivity contribution in [2.45, 2.75) is 18.7 Å². The molecular weight excluding hydrogens is 248 g/mol. The third-order valence-corrected chi connectivity index (χ3v) is 4.08. The number of rotatable bonds is 3. The minimum Gasteiger partial charge on any atom is -0.278 e. The van der Waals surface area contributed by atoms with E-state index in [4.69, 9.17) is 0 Å². The summed E-state index contributed by atoms with van der Waals surface area (Å²) in [6.45, 7) is 3.71. The molecule has 0 fully saturated rings. The smallest absolute Gasteiger partial charge is 0.262 e. The van der Waals surface area contributed by atoms with Crippen LogP contribution in [0.15, 0.2) is 47.6 Å². The van der Waals surface area contributed by atoms with E-state index in [2.05, 4.69) is 9.71 Å². The van der Waals surface area contributed by atoms with Gasteiger partial charge in [-0.05, 0) is 37.6 Å². The highest BCUT2D eigenvalue weighted by molar-refractivity contribution is 7.92. The van der Waals surface area contributed by atoms with Gasteiger partial charge in [0.05, 0.1) is 16.8 Å². The Kier molecular flexibility index (Phi) is 3.34. The molecule has 0 atom stereocenters. The Morgan fingerprint density at radius 3 is 2.56 bits per heavy atom. The van der Waals surface area contributed by atoms with Crippen molar-refractivity contribution in [2.24, 2.45) is 0 Å². The molecule has 1 heterocycles. The monoisotopic (exact) mass is 262 g/mol. The maximum Gasteiger partial charge on any atom is 0.262 e. The number of hydrogen-bond donors (Lipinski definition) is 1. The molecule has 94 valence electrons. The number of nitrogens with zero attached hydrogens (tertiary/aromatic N) is 1. The predicted octanol–water partition coefficient (Wildman–Crippen LogP) is 2.50. The maximum atomic E-state index is 12.2. The molecule has 0 aliphatic rings. The van der Waals surface area contributed by atoms with Crippen molar-refractivity contribution < 1.29 is 8.42 Å². The molecule has 5 heteroatoms. The van der Waals surface area contributed by atoms with Crippen molar-refractivity contribution in [3.05, 3.63) is 53.9 Å². The standard InChI is InChI=1S/C13H14N2O2S/c1-10-5-6-13(11(2)8-10)18(16,17)15-12-4-3-7-14-9-12/h3-9,15H,1-2H3. The summed E-state index contributed by atoms with van der Waals surface area (Å²) in [7, 11) is -3.55. The summed E-state index contributed by atoms with van der Waals surface area (Å²) in [6, 6.07) is 8.58. The van der Waals surface area contributed by atoms with Gasteiger partial charge in [-0.15, -0.1) is 0 Å². The second kappa shape index (κ2) is 4.78. The van der Waals surface area contributed by atoms with Crippen molar-refractivity contribution in [3.8, 4) is 0 Å². The van der Waals surface area contributed by atoms with Crippen LogP contribution in [0.3, 0.4) is 0 Å². The van der Waals surface area contributed by atoms with Crippen LogP contribution in [-0.2, 0) is 10.0 Å². The van der Waals surface area contributed by atoms with Gasteiger partial charge in [-0.1, -0.05) is 17.7 Å². The lowest BCUT2D eigenvalue weighted by atomic mass is 10.2. The summed E-state index contributed by atoms with van der Waals surface area (Å²) in [5.74, 6) is 0. The Hall–Kier alpha value is -1.88. The molecule has 0 spiro atoms. The largest absolute Gasteiger partial charge is 0.278 e. The number of anilines is 1. The lowest BCUT2D eigenvalue weighted by Crippen LogP contribution is -2.14. The molecule has 0 bridgehead atoms. The highest BCUT2D eigenvalue weighted by atomic mass is 32.2. The number of nitrogens with one attached hydrogen (secondary N) is 1. The molecule has 0 radical (unpaired) electrons. The molecule has 1 N–H and O–H groups in total. The third kappa shape index (κ3) is 2.68. The minimum atomic E-state index is -3.55. The zero-order valence-corrected chi connectivity index (χ0v) is 11.0. The number of pyridine rings is 1. The van der Waals surface area contributed by atoms with Gasteiger partial charge in [-0.3, -0.25) is 9.71 Å². The fraction of sp³-hybridized carbons (Fsp3) is 0.154. The molecule has 18 heavy (non-hydrogen) atoms. The SMILES string of the molecule is Cc1ccc(S(=O)(=O)Nc2cccnc2)c(C)c1. The lowest BCUT2D eigenvalue weighted by molar-refractivity contribution is 0.600. The zero-order chi connectivity index (χ0) is 13.2. The number of hydrogen-bond acceptors (Lipinski definition) is 3. The first kappa shape index (κ1) is 12.6. The number of benzene rings is 1. The summed E-state index contributed by atoms with van der Waals surface area (Å²) in [4.78, 5) is 4.16. The fourth-order valence-corrected chi connectivity index (χ4v) is 3.01. The van der Waals surface area contributed by atoms with Crippen LogP contribution in [0.25, 0.3) is 0 Å².